The third-order valence-corrected chi connectivity index (χ3v) is 4.11. The van der Waals surface area contributed by atoms with Crippen molar-refractivity contribution in [3.63, 3.8) is 0 Å². The maximum Gasteiger partial charge on any atom is 0.338 e. The topological polar surface area (TPSA) is 50.2 Å². The molecule has 0 fully saturated rings. The van der Waals surface area contributed by atoms with Gasteiger partial charge in [-0.2, -0.15) is 0 Å². The van der Waals surface area contributed by atoms with Crippen molar-refractivity contribution in [1.82, 2.24) is 4.98 Å². The summed E-state index contributed by atoms with van der Waals surface area (Å²) in [7, 11) is 0. The number of benzene rings is 1. The summed E-state index contributed by atoms with van der Waals surface area (Å²) in [6.07, 6.45) is 1.65. The Morgan fingerprint density at radius 2 is 1.85 bits per heavy atom. The molecule has 0 radical (unpaired) electrons. The molecular formula is C16H17NO2S. The second kappa shape index (κ2) is 6.09. The van der Waals surface area contributed by atoms with Gasteiger partial charge in [0.2, 0.25) is 0 Å². The van der Waals surface area contributed by atoms with Gasteiger partial charge < -0.3 is 5.11 Å². The molecule has 0 amide bonds. The molecule has 1 N–H and O–H groups in total. The quantitative estimate of drug-likeness (QED) is 0.907. The number of aryl methyl sites for hydroxylation is 1. The highest BCUT2D eigenvalue weighted by Gasteiger charge is 2.15. The first-order chi connectivity index (χ1) is 9.49. The molecule has 0 spiro atoms. The van der Waals surface area contributed by atoms with Gasteiger partial charge in [-0.15, -0.1) is 0 Å². The Bertz CT molecular complexity index is 621. The Kier molecular flexibility index (Phi) is 4.45. The zero-order valence-electron chi connectivity index (χ0n) is 11.8. The molecular weight excluding hydrogens is 270 g/mol. The molecule has 0 unspecified atom stereocenters. The molecule has 20 heavy (non-hydrogen) atoms. The summed E-state index contributed by atoms with van der Waals surface area (Å²) < 4.78 is 0. The molecule has 0 saturated heterocycles. The molecule has 0 aliphatic heterocycles. The normalized spacial score (nSPS) is 10.8. The van der Waals surface area contributed by atoms with Gasteiger partial charge in [-0.3, -0.25) is 0 Å². The number of carbonyl (C=O) groups is 1. The summed E-state index contributed by atoms with van der Waals surface area (Å²) >= 11 is 1.39. The highest BCUT2D eigenvalue weighted by atomic mass is 32.2. The van der Waals surface area contributed by atoms with Crippen LogP contribution in [0.25, 0.3) is 0 Å². The molecule has 0 aliphatic rings. The lowest BCUT2D eigenvalue weighted by Crippen LogP contribution is -2.03. The molecule has 104 valence electrons. The van der Waals surface area contributed by atoms with Crippen LogP contribution in [0.1, 0.15) is 41.3 Å². The van der Waals surface area contributed by atoms with Crippen LogP contribution < -0.4 is 0 Å². The van der Waals surface area contributed by atoms with Gasteiger partial charge >= 0.3 is 5.97 Å². The average molecular weight is 287 g/mol. The van der Waals surface area contributed by atoms with E-state index in [0.29, 0.717) is 10.9 Å². The van der Waals surface area contributed by atoms with Crippen molar-refractivity contribution < 1.29 is 9.90 Å². The van der Waals surface area contributed by atoms with Crippen molar-refractivity contribution in [3.05, 3.63) is 53.2 Å². The van der Waals surface area contributed by atoms with Gasteiger partial charge in [0.15, 0.2) is 0 Å². The summed E-state index contributed by atoms with van der Waals surface area (Å²) in [4.78, 5) is 16.5. The highest BCUT2D eigenvalue weighted by molar-refractivity contribution is 7.99. The van der Waals surface area contributed by atoms with E-state index in [2.05, 4.69) is 31.0 Å². The van der Waals surface area contributed by atoms with E-state index in [9.17, 15) is 9.90 Å². The van der Waals surface area contributed by atoms with Crippen molar-refractivity contribution >= 4 is 17.7 Å². The molecule has 4 heteroatoms. The van der Waals surface area contributed by atoms with E-state index >= 15 is 0 Å². The lowest BCUT2D eigenvalue weighted by atomic mass is 10.0. The number of aromatic nitrogens is 1. The predicted molar refractivity (Wildman–Crippen MR) is 80.6 cm³/mol. The van der Waals surface area contributed by atoms with E-state index < -0.39 is 5.97 Å². The molecule has 3 nitrogen and oxygen atoms in total. The summed E-state index contributed by atoms with van der Waals surface area (Å²) in [5, 5.41) is 9.82. The van der Waals surface area contributed by atoms with Gasteiger partial charge in [0.1, 0.15) is 5.03 Å². The molecule has 0 bridgehead atoms. The van der Waals surface area contributed by atoms with Gasteiger partial charge in [-0.05, 0) is 42.2 Å². The molecule has 0 saturated carbocycles. The average Bonchev–Trinajstić information content (AvgIpc) is 2.39. The maximum absolute atomic E-state index is 11.3. The monoisotopic (exact) mass is 287 g/mol. The van der Waals surface area contributed by atoms with E-state index in [4.69, 9.17) is 0 Å². The van der Waals surface area contributed by atoms with Crippen LogP contribution in [0.4, 0.5) is 0 Å². The highest BCUT2D eigenvalue weighted by Crippen LogP contribution is 2.31. The van der Waals surface area contributed by atoms with E-state index in [-0.39, 0.29) is 5.56 Å². The van der Waals surface area contributed by atoms with Crippen molar-refractivity contribution in [2.45, 2.75) is 36.6 Å². The number of nitrogens with zero attached hydrogens (tertiary/aromatic N) is 1. The SMILES string of the molecule is Cc1ccnc(Sc2ccc(C(C)C)cc2)c1C(=O)O. The van der Waals surface area contributed by atoms with E-state index in [1.165, 1.54) is 17.3 Å². The fourth-order valence-corrected chi connectivity index (χ4v) is 2.86. The minimum Gasteiger partial charge on any atom is -0.478 e. The predicted octanol–water partition coefficient (Wildman–Crippen LogP) is 4.36. The van der Waals surface area contributed by atoms with Crippen LogP contribution in [0, 0.1) is 6.92 Å². The van der Waals surface area contributed by atoms with Gasteiger partial charge in [0.05, 0.1) is 5.56 Å². The third kappa shape index (κ3) is 3.20. The molecule has 2 aromatic rings. The number of hydrogen-bond acceptors (Lipinski definition) is 3. The van der Waals surface area contributed by atoms with Crippen LogP contribution in [0.3, 0.4) is 0 Å². The molecule has 1 heterocycles. The van der Waals surface area contributed by atoms with Crippen LogP contribution in [-0.2, 0) is 0 Å². The van der Waals surface area contributed by atoms with Crippen molar-refractivity contribution in [2.24, 2.45) is 0 Å². The van der Waals surface area contributed by atoms with E-state index in [1.54, 1.807) is 19.2 Å². The van der Waals surface area contributed by atoms with Crippen molar-refractivity contribution in [3.8, 4) is 0 Å². The number of hydrogen-bond donors (Lipinski definition) is 1. The van der Waals surface area contributed by atoms with Crippen molar-refractivity contribution in [1.29, 1.82) is 0 Å². The number of pyridine rings is 1. The molecule has 1 aromatic heterocycles. The lowest BCUT2D eigenvalue weighted by Gasteiger charge is -2.09. The van der Waals surface area contributed by atoms with E-state index in [0.717, 1.165) is 10.5 Å². The largest absolute Gasteiger partial charge is 0.478 e. The zero-order chi connectivity index (χ0) is 14.7. The minimum atomic E-state index is -0.933. The fraction of sp³-hybridized carbons (Fsp3) is 0.250. The first kappa shape index (κ1) is 14.6. The van der Waals surface area contributed by atoms with Gasteiger partial charge in [-0.25, -0.2) is 9.78 Å². The van der Waals surface area contributed by atoms with Gasteiger partial charge in [0, 0.05) is 11.1 Å². The smallest absolute Gasteiger partial charge is 0.338 e. The standard InChI is InChI=1S/C16H17NO2S/c1-10(2)12-4-6-13(7-5-12)20-15-14(16(18)19)11(3)8-9-17-15/h4-10H,1-3H3,(H,18,19). The number of rotatable bonds is 4. The second-order valence-corrected chi connectivity index (χ2v) is 6.00. The van der Waals surface area contributed by atoms with Crippen LogP contribution in [0.2, 0.25) is 0 Å². The van der Waals surface area contributed by atoms with Crippen LogP contribution in [0.5, 0.6) is 0 Å². The summed E-state index contributed by atoms with van der Waals surface area (Å²) in [6.45, 7) is 6.08. The molecule has 2 rings (SSSR count). The number of carboxylic acid groups (broad SMARTS) is 1. The minimum absolute atomic E-state index is 0.283. The maximum atomic E-state index is 11.3. The Morgan fingerprint density at radius 3 is 2.40 bits per heavy atom. The third-order valence-electron chi connectivity index (χ3n) is 3.10. The molecule has 0 aliphatic carbocycles. The summed E-state index contributed by atoms with van der Waals surface area (Å²) in [5.41, 5.74) is 2.28. The van der Waals surface area contributed by atoms with E-state index in [1.807, 2.05) is 12.1 Å². The molecule has 1 aromatic carbocycles. The number of carboxylic acids is 1. The molecule has 0 atom stereocenters. The second-order valence-electron chi connectivity index (χ2n) is 4.94. The zero-order valence-corrected chi connectivity index (χ0v) is 12.6. The Morgan fingerprint density at radius 1 is 1.20 bits per heavy atom. The van der Waals surface area contributed by atoms with Crippen LogP contribution >= 0.6 is 11.8 Å². The Balaban J connectivity index is 2.30. The lowest BCUT2D eigenvalue weighted by molar-refractivity contribution is 0.0691. The van der Waals surface area contributed by atoms with Gasteiger partial charge in [0.25, 0.3) is 0 Å². The Hall–Kier alpha value is -1.81. The first-order valence-corrected chi connectivity index (χ1v) is 7.27. The Labute approximate surface area is 123 Å². The van der Waals surface area contributed by atoms with Crippen LogP contribution in [0.15, 0.2) is 46.5 Å². The van der Waals surface area contributed by atoms with Gasteiger partial charge in [-0.1, -0.05) is 37.7 Å². The van der Waals surface area contributed by atoms with Crippen molar-refractivity contribution in [2.75, 3.05) is 0 Å². The summed E-state index contributed by atoms with van der Waals surface area (Å²) in [5.74, 6) is -0.447. The summed E-state index contributed by atoms with van der Waals surface area (Å²) in [6, 6.07) is 9.88. The number of aromatic carboxylic acids is 1. The first-order valence-electron chi connectivity index (χ1n) is 6.45. The fourth-order valence-electron chi connectivity index (χ4n) is 1.90. The van der Waals surface area contributed by atoms with Crippen LogP contribution in [-0.4, -0.2) is 16.1 Å².